The van der Waals surface area contributed by atoms with Gasteiger partial charge < -0.3 is 9.84 Å². The summed E-state index contributed by atoms with van der Waals surface area (Å²) in [5, 5.41) is 9.45. The molecular formula is C14H20ClN3O3. The molecule has 1 N–H and O–H groups in total. The number of aromatic nitrogens is 1. The first-order valence-corrected chi connectivity index (χ1v) is 7.25. The minimum Gasteiger partial charge on any atom is -0.480 e. The van der Waals surface area contributed by atoms with Crippen molar-refractivity contribution < 1.29 is 14.6 Å². The van der Waals surface area contributed by atoms with E-state index in [0.29, 0.717) is 18.2 Å². The lowest BCUT2D eigenvalue weighted by Crippen LogP contribution is -2.47. The van der Waals surface area contributed by atoms with E-state index in [2.05, 4.69) is 9.88 Å². The Kier molecular flexibility index (Phi) is 5.93. The Morgan fingerprint density at radius 1 is 1.67 bits per heavy atom. The van der Waals surface area contributed by atoms with E-state index in [-0.39, 0.29) is 12.6 Å². The summed E-state index contributed by atoms with van der Waals surface area (Å²) in [6.07, 6.45) is 3.40. The van der Waals surface area contributed by atoms with Crippen LogP contribution < -0.4 is 0 Å². The molecule has 2 rings (SSSR count). The van der Waals surface area contributed by atoms with Crippen LogP contribution in [0.3, 0.4) is 0 Å². The zero-order valence-electron chi connectivity index (χ0n) is 12.0. The van der Waals surface area contributed by atoms with Crippen molar-refractivity contribution in [3.8, 4) is 0 Å². The molecule has 1 aliphatic heterocycles. The summed E-state index contributed by atoms with van der Waals surface area (Å²) in [5.41, 5.74) is 1.05. The maximum atomic E-state index is 10.7. The van der Waals surface area contributed by atoms with Gasteiger partial charge in [0, 0.05) is 38.6 Å². The van der Waals surface area contributed by atoms with Gasteiger partial charge in [0.1, 0.15) is 0 Å². The summed E-state index contributed by atoms with van der Waals surface area (Å²) in [7, 11) is 1.79. The summed E-state index contributed by atoms with van der Waals surface area (Å²) in [4.78, 5) is 18.7. The van der Waals surface area contributed by atoms with E-state index in [4.69, 9.17) is 21.4 Å². The molecule has 1 fully saturated rings. The molecule has 0 radical (unpaired) electrons. The standard InChI is InChI=1S/C14H20ClN3O3/c1-17(10-14(19)20)8-12-9-18(4-5-21-12)7-11-2-3-16-6-13(11)15/h2-3,6,12H,4-5,7-10H2,1H3,(H,19,20). The number of halogens is 1. The van der Waals surface area contributed by atoms with Crippen LogP contribution in [-0.2, 0) is 16.1 Å². The monoisotopic (exact) mass is 313 g/mol. The average molecular weight is 314 g/mol. The molecule has 0 bridgehead atoms. The van der Waals surface area contributed by atoms with Crippen molar-refractivity contribution >= 4 is 17.6 Å². The van der Waals surface area contributed by atoms with Crippen molar-refractivity contribution in [2.75, 3.05) is 39.8 Å². The summed E-state index contributed by atoms with van der Waals surface area (Å²) in [5.74, 6) is -0.825. The molecule has 21 heavy (non-hydrogen) atoms. The Morgan fingerprint density at radius 3 is 3.19 bits per heavy atom. The fourth-order valence-electron chi connectivity index (χ4n) is 2.45. The lowest BCUT2D eigenvalue weighted by Gasteiger charge is -2.34. The number of carboxylic acids is 1. The summed E-state index contributed by atoms with van der Waals surface area (Å²) in [6, 6.07) is 1.92. The van der Waals surface area contributed by atoms with Crippen molar-refractivity contribution in [2.24, 2.45) is 0 Å². The van der Waals surface area contributed by atoms with Gasteiger partial charge in [0.25, 0.3) is 0 Å². The van der Waals surface area contributed by atoms with E-state index in [1.807, 2.05) is 6.07 Å². The Balaban J connectivity index is 1.86. The number of pyridine rings is 1. The number of morpholine rings is 1. The van der Waals surface area contributed by atoms with Gasteiger partial charge in [-0.05, 0) is 18.7 Å². The van der Waals surface area contributed by atoms with Crippen molar-refractivity contribution in [3.63, 3.8) is 0 Å². The molecule has 2 heterocycles. The number of nitrogens with zero attached hydrogens (tertiary/aromatic N) is 3. The largest absolute Gasteiger partial charge is 0.480 e. The Hall–Kier alpha value is -1.21. The van der Waals surface area contributed by atoms with E-state index in [1.54, 1.807) is 24.3 Å². The van der Waals surface area contributed by atoms with E-state index in [0.717, 1.165) is 25.2 Å². The summed E-state index contributed by atoms with van der Waals surface area (Å²) < 4.78 is 5.71. The van der Waals surface area contributed by atoms with Crippen LogP contribution in [0.25, 0.3) is 0 Å². The van der Waals surface area contributed by atoms with E-state index < -0.39 is 5.97 Å². The molecule has 0 aliphatic carbocycles. The quantitative estimate of drug-likeness (QED) is 0.843. The van der Waals surface area contributed by atoms with Crippen molar-refractivity contribution in [2.45, 2.75) is 12.6 Å². The summed E-state index contributed by atoms with van der Waals surface area (Å²) >= 11 is 6.13. The predicted octanol–water partition coefficient (Wildman–Crippen LogP) is 0.952. The number of likely N-dealkylation sites (N-methyl/N-ethyl adjacent to an activating group) is 1. The van der Waals surface area contributed by atoms with Gasteiger partial charge >= 0.3 is 5.97 Å². The van der Waals surface area contributed by atoms with Gasteiger partial charge in [-0.15, -0.1) is 0 Å². The SMILES string of the molecule is CN(CC(=O)O)CC1CN(Cc2ccncc2Cl)CCO1. The van der Waals surface area contributed by atoms with Gasteiger partial charge in [-0.1, -0.05) is 11.6 Å². The molecule has 1 aromatic rings. The summed E-state index contributed by atoms with van der Waals surface area (Å²) in [6.45, 7) is 3.64. The van der Waals surface area contributed by atoms with Crippen LogP contribution in [0.15, 0.2) is 18.5 Å². The number of hydrogen-bond donors (Lipinski definition) is 1. The smallest absolute Gasteiger partial charge is 0.317 e. The fourth-order valence-corrected chi connectivity index (χ4v) is 2.63. The highest BCUT2D eigenvalue weighted by Gasteiger charge is 2.22. The second kappa shape index (κ2) is 7.70. The second-order valence-electron chi connectivity index (χ2n) is 5.29. The Morgan fingerprint density at radius 2 is 2.48 bits per heavy atom. The highest BCUT2D eigenvalue weighted by atomic mass is 35.5. The topological polar surface area (TPSA) is 65.9 Å². The average Bonchev–Trinajstić information content (AvgIpc) is 2.41. The normalized spacial score (nSPS) is 19.9. The van der Waals surface area contributed by atoms with Crippen molar-refractivity contribution in [3.05, 3.63) is 29.0 Å². The molecule has 1 saturated heterocycles. The van der Waals surface area contributed by atoms with Gasteiger partial charge in [0.15, 0.2) is 0 Å². The maximum absolute atomic E-state index is 10.7. The number of ether oxygens (including phenoxy) is 1. The number of carboxylic acid groups (broad SMARTS) is 1. The molecule has 1 aromatic heterocycles. The predicted molar refractivity (Wildman–Crippen MR) is 79.4 cm³/mol. The van der Waals surface area contributed by atoms with Crippen molar-refractivity contribution in [1.82, 2.24) is 14.8 Å². The lowest BCUT2D eigenvalue weighted by molar-refractivity contribution is -0.138. The van der Waals surface area contributed by atoms with Gasteiger partial charge in [-0.3, -0.25) is 19.6 Å². The van der Waals surface area contributed by atoms with Crippen LogP contribution in [0.4, 0.5) is 0 Å². The Labute approximate surface area is 129 Å². The molecular weight excluding hydrogens is 294 g/mol. The van der Waals surface area contributed by atoms with E-state index in [9.17, 15) is 4.79 Å². The first kappa shape index (κ1) is 16.2. The molecule has 0 aromatic carbocycles. The molecule has 6 nitrogen and oxygen atoms in total. The highest BCUT2D eigenvalue weighted by Crippen LogP contribution is 2.17. The van der Waals surface area contributed by atoms with Gasteiger partial charge in [0.2, 0.25) is 0 Å². The molecule has 1 atom stereocenters. The lowest BCUT2D eigenvalue weighted by atomic mass is 10.2. The van der Waals surface area contributed by atoms with E-state index >= 15 is 0 Å². The first-order chi connectivity index (χ1) is 10.0. The van der Waals surface area contributed by atoms with Gasteiger partial charge in [-0.2, -0.15) is 0 Å². The molecule has 1 aliphatic rings. The third-order valence-corrected chi connectivity index (χ3v) is 3.73. The second-order valence-corrected chi connectivity index (χ2v) is 5.69. The molecule has 1 unspecified atom stereocenters. The number of rotatable bonds is 6. The zero-order valence-corrected chi connectivity index (χ0v) is 12.8. The third-order valence-electron chi connectivity index (χ3n) is 3.39. The number of carbonyl (C=O) groups is 1. The minimum absolute atomic E-state index is 0.0173. The molecule has 7 heteroatoms. The molecule has 0 amide bonds. The molecule has 0 spiro atoms. The van der Waals surface area contributed by atoms with Gasteiger partial charge in [-0.25, -0.2) is 0 Å². The van der Waals surface area contributed by atoms with Gasteiger partial charge in [0.05, 0.1) is 24.3 Å². The zero-order chi connectivity index (χ0) is 15.2. The van der Waals surface area contributed by atoms with Crippen LogP contribution in [0.1, 0.15) is 5.56 Å². The fraction of sp³-hybridized carbons (Fsp3) is 0.571. The maximum Gasteiger partial charge on any atom is 0.317 e. The number of aliphatic carboxylic acids is 1. The van der Waals surface area contributed by atoms with Crippen molar-refractivity contribution in [1.29, 1.82) is 0 Å². The Bertz CT molecular complexity index is 486. The molecule has 0 saturated carbocycles. The molecule has 116 valence electrons. The third kappa shape index (κ3) is 5.24. The minimum atomic E-state index is -0.825. The van der Waals surface area contributed by atoms with Crippen LogP contribution >= 0.6 is 11.6 Å². The first-order valence-electron chi connectivity index (χ1n) is 6.87. The number of hydrogen-bond acceptors (Lipinski definition) is 5. The van der Waals surface area contributed by atoms with Crippen LogP contribution in [0, 0.1) is 0 Å². The van der Waals surface area contributed by atoms with Crippen LogP contribution in [0.2, 0.25) is 5.02 Å². The van der Waals surface area contributed by atoms with E-state index in [1.165, 1.54) is 0 Å². The van der Waals surface area contributed by atoms with Crippen LogP contribution in [-0.4, -0.2) is 71.8 Å². The highest BCUT2D eigenvalue weighted by molar-refractivity contribution is 6.31. The van der Waals surface area contributed by atoms with Crippen LogP contribution in [0.5, 0.6) is 0 Å².